The molecule has 0 saturated carbocycles. The lowest BCUT2D eigenvalue weighted by Crippen LogP contribution is -2.15. The Kier molecular flexibility index (Phi) is 4.78. The maximum atomic E-state index is 12.5. The Hall–Kier alpha value is -2.77. The van der Waals surface area contributed by atoms with Gasteiger partial charge < -0.3 is 15.8 Å². The van der Waals surface area contributed by atoms with Crippen molar-refractivity contribution < 1.29 is 9.53 Å². The Morgan fingerprint density at radius 2 is 2.04 bits per heavy atom. The average Bonchev–Trinajstić information content (AvgIpc) is 2.98. The Labute approximate surface area is 153 Å². The Balaban J connectivity index is 1.89. The number of anilines is 2. The van der Waals surface area contributed by atoms with E-state index in [-0.39, 0.29) is 11.5 Å². The number of amides is 1. The maximum Gasteiger partial charge on any atom is 0.280 e. The number of hydrogen-bond donors (Lipinski definition) is 2. The molecule has 1 heterocycles. The van der Waals surface area contributed by atoms with Gasteiger partial charge in [-0.3, -0.25) is 4.79 Å². The van der Waals surface area contributed by atoms with Gasteiger partial charge in [0, 0.05) is 11.1 Å². The number of nitrogens with zero attached hydrogens (tertiary/aromatic N) is 3. The molecule has 3 N–H and O–H groups in total. The van der Waals surface area contributed by atoms with E-state index in [1.165, 1.54) is 11.8 Å². The van der Waals surface area contributed by atoms with E-state index >= 15 is 0 Å². The van der Waals surface area contributed by atoms with Crippen LogP contribution in [0.1, 0.15) is 10.5 Å². The van der Waals surface area contributed by atoms with Crippen molar-refractivity contribution in [2.75, 3.05) is 18.2 Å². The van der Waals surface area contributed by atoms with Crippen molar-refractivity contribution in [2.45, 2.75) is 0 Å². The quantitative estimate of drug-likeness (QED) is 0.726. The molecule has 0 aliphatic rings. The summed E-state index contributed by atoms with van der Waals surface area (Å²) in [5.41, 5.74) is 6.95. The minimum atomic E-state index is -0.541. The van der Waals surface area contributed by atoms with Crippen LogP contribution in [0.15, 0.2) is 42.5 Å². The summed E-state index contributed by atoms with van der Waals surface area (Å²) in [4.78, 5) is 12.5. The number of aromatic nitrogens is 3. The topological polar surface area (TPSA) is 95.1 Å². The minimum Gasteiger partial charge on any atom is -0.497 e. The monoisotopic (exact) mass is 377 g/mol. The molecule has 3 aromatic rings. The van der Waals surface area contributed by atoms with E-state index in [0.717, 1.165) is 0 Å². The number of ether oxygens (including phenoxy) is 1. The largest absolute Gasteiger partial charge is 0.497 e. The molecule has 0 bridgehead atoms. The molecular weight excluding hydrogens is 365 g/mol. The Morgan fingerprint density at radius 1 is 1.24 bits per heavy atom. The third-order valence-electron chi connectivity index (χ3n) is 3.39. The molecular formula is C16H13Cl2N5O2. The predicted molar refractivity (Wildman–Crippen MR) is 96.7 cm³/mol. The molecule has 0 unspecified atom stereocenters. The van der Waals surface area contributed by atoms with Gasteiger partial charge in [-0.25, -0.2) is 0 Å². The molecule has 7 nitrogen and oxygen atoms in total. The fourth-order valence-electron chi connectivity index (χ4n) is 2.16. The molecule has 1 aromatic heterocycles. The van der Waals surface area contributed by atoms with E-state index in [1.807, 2.05) is 0 Å². The first-order valence-corrected chi connectivity index (χ1v) is 7.87. The SMILES string of the molecule is COc1ccc(Cl)c(NC(=O)c2nnn(-c3cccc(Cl)c3)c2N)c1. The van der Waals surface area contributed by atoms with Crippen LogP contribution in [0.3, 0.4) is 0 Å². The van der Waals surface area contributed by atoms with Crippen molar-refractivity contribution in [3.05, 3.63) is 58.2 Å². The molecule has 0 aliphatic carbocycles. The van der Waals surface area contributed by atoms with Gasteiger partial charge >= 0.3 is 0 Å². The Bertz CT molecular complexity index is 942. The second kappa shape index (κ2) is 7.00. The molecule has 25 heavy (non-hydrogen) atoms. The van der Waals surface area contributed by atoms with Crippen molar-refractivity contribution in [1.29, 1.82) is 0 Å². The highest BCUT2D eigenvalue weighted by Crippen LogP contribution is 2.27. The van der Waals surface area contributed by atoms with Crippen LogP contribution in [0.25, 0.3) is 5.69 Å². The number of methoxy groups -OCH3 is 1. The van der Waals surface area contributed by atoms with Crippen LogP contribution >= 0.6 is 23.2 Å². The smallest absolute Gasteiger partial charge is 0.280 e. The molecule has 0 aliphatic heterocycles. The number of nitrogens with one attached hydrogen (secondary N) is 1. The standard InChI is InChI=1S/C16H13Cl2N5O2/c1-25-11-5-6-12(18)13(8-11)20-16(24)14-15(19)23(22-21-14)10-4-2-3-9(17)7-10/h2-8H,19H2,1H3,(H,20,24). The van der Waals surface area contributed by atoms with Crippen molar-refractivity contribution in [3.63, 3.8) is 0 Å². The lowest BCUT2D eigenvalue weighted by atomic mass is 10.2. The van der Waals surface area contributed by atoms with Crippen LogP contribution in [-0.4, -0.2) is 28.0 Å². The van der Waals surface area contributed by atoms with E-state index in [0.29, 0.717) is 27.2 Å². The number of carbonyl (C=O) groups excluding carboxylic acids is 1. The van der Waals surface area contributed by atoms with Crippen molar-refractivity contribution in [1.82, 2.24) is 15.0 Å². The van der Waals surface area contributed by atoms with Crippen molar-refractivity contribution in [2.24, 2.45) is 0 Å². The van der Waals surface area contributed by atoms with Crippen LogP contribution in [0.5, 0.6) is 5.75 Å². The first-order chi connectivity index (χ1) is 12.0. The fourth-order valence-corrected chi connectivity index (χ4v) is 2.51. The number of hydrogen-bond acceptors (Lipinski definition) is 5. The summed E-state index contributed by atoms with van der Waals surface area (Å²) in [5, 5.41) is 11.3. The predicted octanol–water partition coefficient (Wildman–Crippen LogP) is 3.42. The van der Waals surface area contributed by atoms with Gasteiger partial charge in [-0.05, 0) is 30.3 Å². The van der Waals surface area contributed by atoms with Crippen LogP contribution < -0.4 is 15.8 Å². The van der Waals surface area contributed by atoms with Crippen LogP contribution in [0, 0.1) is 0 Å². The molecule has 128 valence electrons. The van der Waals surface area contributed by atoms with Crippen LogP contribution in [0.4, 0.5) is 11.5 Å². The van der Waals surface area contributed by atoms with E-state index in [9.17, 15) is 4.79 Å². The van der Waals surface area contributed by atoms with E-state index in [4.69, 9.17) is 33.7 Å². The molecule has 0 atom stereocenters. The third-order valence-corrected chi connectivity index (χ3v) is 3.96. The van der Waals surface area contributed by atoms with Gasteiger partial charge in [-0.2, -0.15) is 4.68 Å². The van der Waals surface area contributed by atoms with E-state index in [2.05, 4.69) is 15.6 Å². The number of rotatable bonds is 4. The normalized spacial score (nSPS) is 10.5. The Morgan fingerprint density at radius 3 is 2.76 bits per heavy atom. The lowest BCUT2D eigenvalue weighted by Gasteiger charge is -2.08. The summed E-state index contributed by atoms with van der Waals surface area (Å²) in [6.07, 6.45) is 0. The molecule has 0 fully saturated rings. The molecule has 3 rings (SSSR count). The highest BCUT2D eigenvalue weighted by molar-refractivity contribution is 6.34. The zero-order valence-corrected chi connectivity index (χ0v) is 14.5. The molecule has 0 saturated heterocycles. The average molecular weight is 378 g/mol. The number of nitrogens with two attached hydrogens (primary N) is 1. The van der Waals surface area contributed by atoms with Crippen molar-refractivity contribution in [3.8, 4) is 11.4 Å². The van der Waals surface area contributed by atoms with Gasteiger partial charge in [0.15, 0.2) is 11.5 Å². The number of benzene rings is 2. The minimum absolute atomic E-state index is 0.0288. The van der Waals surface area contributed by atoms with Gasteiger partial charge in [0.05, 0.1) is 23.5 Å². The summed E-state index contributed by atoms with van der Waals surface area (Å²) in [5.74, 6) is 0.0926. The zero-order chi connectivity index (χ0) is 18.0. The first kappa shape index (κ1) is 17.1. The molecule has 0 radical (unpaired) electrons. The number of nitrogen functional groups attached to an aromatic ring is 1. The van der Waals surface area contributed by atoms with Gasteiger partial charge in [-0.15, -0.1) is 5.10 Å². The third kappa shape index (κ3) is 3.52. The van der Waals surface area contributed by atoms with Gasteiger partial charge in [0.25, 0.3) is 5.91 Å². The summed E-state index contributed by atoms with van der Waals surface area (Å²) >= 11 is 12.0. The fraction of sp³-hybridized carbons (Fsp3) is 0.0625. The van der Waals surface area contributed by atoms with E-state index < -0.39 is 5.91 Å². The second-order valence-electron chi connectivity index (χ2n) is 5.01. The highest BCUT2D eigenvalue weighted by atomic mass is 35.5. The van der Waals surface area contributed by atoms with E-state index in [1.54, 1.807) is 42.5 Å². The summed E-state index contributed by atoms with van der Waals surface area (Å²) in [7, 11) is 1.52. The maximum absolute atomic E-state index is 12.5. The summed E-state index contributed by atoms with van der Waals surface area (Å²) < 4.78 is 6.44. The number of halogens is 2. The second-order valence-corrected chi connectivity index (χ2v) is 5.86. The summed E-state index contributed by atoms with van der Waals surface area (Å²) in [6.45, 7) is 0. The lowest BCUT2D eigenvalue weighted by molar-refractivity contribution is 0.102. The van der Waals surface area contributed by atoms with Gasteiger partial charge in [-0.1, -0.05) is 34.5 Å². The molecule has 0 spiro atoms. The molecule has 1 amide bonds. The van der Waals surface area contributed by atoms with Crippen LogP contribution in [-0.2, 0) is 0 Å². The number of carbonyl (C=O) groups is 1. The van der Waals surface area contributed by atoms with Gasteiger partial charge in [0.2, 0.25) is 0 Å². The van der Waals surface area contributed by atoms with Gasteiger partial charge in [0.1, 0.15) is 5.75 Å². The molecule has 2 aromatic carbocycles. The molecule has 9 heteroatoms. The summed E-state index contributed by atoms with van der Waals surface area (Å²) in [6, 6.07) is 11.8. The zero-order valence-electron chi connectivity index (χ0n) is 13.0. The first-order valence-electron chi connectivity index (χ1n) is 7.11. The van der Waals surface area contributed by atoms with Crippen molar-refractivity contribution >= 4 is 40.6 Å². The highest BCUT2D eigenvalue weighted by Gasteiger charge is 2.19. The van der Waals surface area contributed by atoms with Crippen LogP contribution in [0.2, 0.25) is 10.0 Å².